The minimum atomic E-state index is -0.800. The second-order valence-electron chi connectivity index (χ2n) is 2.91. The summed E-state index contributed by atoms with van der Waals surface area (Å²) in [5, 5.41) is 7.68. The molecule has 0 saturated carbocycles. The molecule has 1 aromatic carbocycles. The highest BCUT2D eigenvalue weighted by atomic mass is 32.1. The Labute approximate surface area is 82.0 Å². The summed E-state index contributed by atoms with van der Waals surface area (Å²) in [5.74, 6) is 0. The first-order valence-electron chi connectivity index (χ1n) is 3.96. The van der Waals surface area contributed by atoms with E-state index in [4.69, 9.17) is 0 Å². The van der Waals surface area contributed by atoms with Gasteiger partial charge >= 0.3 is 0 Å². The third-order valence-corrected chi connectivity index (χ3v) is 2.44. The van der Waals surface area contributed by atoms with Crippen LogP contribution >= 0.6 is 12.6 Å². The van der Waals surface area contributed by atoms with Gasteiger partial charge in [0.15, 0.2) is 0 Å². The monoisotopic (exact) mass is 191 g/mol. The zero-order valence-electron chi connectivity index (χ0n) is 7.18. The van der Waals surface area contributed by atoms with Gasteiger partial charge in [-0.2, -0.15) is 0 Å². The predicted octanol–water partition coefficient (Wildman–Crippen LogP) is 2.53. The van der Waals surface area contributed by atoms with Gasteiger partial charge in [-0.1, -0.05) is 24.3 Å². The van der Waals surface area contributed by atoms with E-state index in [1.165, 1.54) is 6.34 Å². The molecule has 1 aliphatic rings. The summed E-state index contributed by atoms with van der Waals surface area (Å²) in [5.41, 5.74) is 2.10. The van der Waals surface area contributed by atoms with Crippen molar-refractivity contribution in [2.75, 3.05) is 0 Å². The fraction of sp³-hybridized carbons (Fsp3) is 0.222. The second-order valence-corrected chi connectivity index (χ2v) is 3.53. The summed E-state index contributed by atoms with van der Waals surface area (Å²) in [6.07, 6.45) is 1.43. The summed E-state index contributed by atoms with van der Waals surface area (Å²) < 4.78 is 0. The van der Waals surface area contributed by atoms with Gasteiger partial charge in [0.25, 0.3) is 0 Å². The fourth-order valence-electron chi connectivity index (χ4n) is 1.31. The Balaban J connectivity index is 2.52. The Bertz CT molecular complexity index is 372. The SMILES string of the molecule is Cc1ccccc1C1(S)N=CN=N1. The largest absolute Gasteiger partial charge is 0.241 e. The molecular formula is C9H9N3S. The quantitative estimate of drug-likeness (QED) is 0.662. The van der Waals surface area contributed by atoms with E-state index >= 15 is 0 Å². The van der Waals surface area contributed by atoms with Crippen molar-refractivity contribution in [1.82, 2.24) is 0 Å². The number of aliphatic imine (C=N–C) groups is 1. The van der Waals surface area contributed by atoms with E-state index in [0.717, 1.165) is 11.1 Å². The van der Waals surface area contributed by atoms with E-state index < -0.39 is 4.99 Å². The average molecular weight is 191 g/mol. The van der Waals surface area contributed by atoms with Crippen molar-refractivity contribution in [3.63, 3.8) is 0 Å². The molecule has 1 unspecified atom stereocenters. The third kappa shape index (κ3) is 1.37. The Morgan fingerprint density at radius 2 is 2.08 bits per heavy atom. The van der Waals surface area contributed by atoms with Gasteiger partial charge in [0.05, 0.1) is 0 Å². The summed E-state index contributed by atoms with van der Waals surface area (Å²) in [6.45, 7) is 2.01. The first-order chi connectivity index (χ1) is 6.22. The van der Waals surface area contributed by atoms with E-state index in [1.54, 1.807) is 0 Å². The van der Waals surface area contributed by atoms with Crippen molar-refractivity contribution >= 4 is 19.0 Å². The standard InChI is InChI=1S/C9H9N3S/c1-7-4-2-3-5-8(7)9(13)10-6-11-12-9/h2-6,13H,1H3. The van der Waals surface area contributed by atoms with Crippen LogP contribution in [0.2, 0.25) is 0 Å². The van der Waals surface area contributed by atoms with Gasteiger partial charge < -0.3 is 0 Å². The number of aryl methyl sites for hydroxylation is 1. The molecule has 0 amide bonds. The lowest BCUT2D eigenvalue weighted by Crippen LogP contribution is -2.11. The molecule has 1 aliphatic heterocycles. The molecule has 1 heterocycles. The van der Waals surface area contributed by atoms with Crippen LogP contribution in [-0.2, 0) is 4.99 Å². The molecule has 4 heteroatoms. The van der Waals surface area contributed by atoms with E-state index in [9.17, 15) is 0 Å². The molecule has 3 nitrogen and oxygen atoms in total. The third-order valence-electron chi connectivity index (χ3n) is 1.99. The number of rotatable bonds is 1. The smallest absolute Gasteiger partial charge is 0.225 e. The Hall–Kier alpha value is -1.16. The van der Waals surface area contributed by atoms with Crippen LogP contribution in [0, 0.1) is 6.92 Å². The molecule has 66 valence electrons. The zero-order chi connectivity index (χ0) is 9.31. The van der Waals surface area contributed by atoms with Gasteiger partial charge in [-0.05, 0) is 12.5 Å². The van der Waals surface area contributed by atoms with Crippen molar-refractivity contribution in [2.45, 2.75) is 11.9 Å². The summed E-state index contributed by atoms with van der Waals surface area (Å²) in [7, 11) is 0. The Morgan fingerprint density at radius 1 is 1.31 bits per heavy atom. The molecule has 0 spiro atoms. The van der Waals surface area contributed by atoms with Gasteiger partial charge in [0.1, 0.15) is 6.34 Å². The summed E-state index contributed by atoms with van der Waals surface area (Å²) in [4.78, 5) is 3.30. The van der Waals surface area contributed by atoms with Crippen LogP contribution in [0.1, 0.15) is 11.1 Å². The molecular weight excluding hydrogens is 182 g/mol. The van der Waals surface area contributed by atoms with Crippen molar-refractivity contribution in [3.8, 4) is 0 Å². The van der Waals surface area contributed by atoms with Crippen molar-refractivity contribution in [2.24, 2.45) is 15.2 Å². The lowest BCUT2D eigenvalue weighted by Gasteiger charge is -2.16. The van der Waals surface area contributed by atoms with Crippen LogP contribution in [0.5, 0.6) is 0 Å². The molecule has 13 heavy (non-hydrogen) atoms. The van der Waals surface area contributed by atoms with Gasteiger partial charge in [-0.3, -0.25) is 0 Å². The van der Waals surface area contributed by atoms with Crippen LogP contribution in [-0.4, -0.2) is 6.34 Å². The van der Waals surface area contributed by atoms with E-state index in [1.807, 2.05) is 31.2 Å². The van der Waals surface area contributed by atoms with E-state index in [0.29, 0.717) is 0 Å². The highest BCUT2D eigenvalue weighted by molar-refractivity contribution is 7.81. The molecule has 0 saturated heterocycles. The molecule has 0 radical (unpaired) electrons. The fourth-order valence-corrected chi connectivity index (χ4v) is 1.67. The number of hydrogen-bond donors (Lipinski definition) is 1. The summed E-state index contributed by atoms with van der Waals surface area (Å²) >= 11 is 4.38. The number of benzene rings is 1. The molecule has 0 bridgehead atoms. The minimum absolute atomic E-state index is 0.800. The maximum atomic E-state index is 4.38. The second kappa shape index (κ2) is 2.96. The minimum Gasteiger partial charge on any atom is -0.225 e. The van der Waals surface area contributed by atoms with Gasteiger partial charge in [0, 0.05) is 5.56 Å². The van der Waals surface area contributed by atoms with E-state index in [-0.39, 0.29) is 0 Å². The maximum absolute atomic E-state index is 4.38. The number of nitrogens with zero attached hydrogens (tertiary/aromatic N) is 3. The number of thiol groups is 1. The van der Waals surface area contributed by atoms with Crippen molar-refractivity contribution < 1.29 is 0 Å². The first-order valence-corrected chi connectivity index (χ1v) is 4.41. The average Bonchev–Trinajstić information content (AvgIpc) is 2.54. The lowest BCUT2D eigenvalue weighted by molar-refractivity contribution is 0.698. The topological polar surface area (TPSA) is 37.1 Å². The van der Waals surface area contributed by atoms with Crippen LogP contribution in [0.15, 0.2) is 39.5 Å². The van der Waals surface area contributed by atoms with Gasteiger partial charge in [0.2, 0.25) is 4.99 Å². The predicted molar refractivity (Wildman–Crippen MR) is 55.2 cm³/mol. The van der Waals surface area contributed by atoms with Crippen LogP contribution in [0.25, 0.3) is 0 Å². The molecule has 1 aromatic rings. The van der Waals surface area contributed by atoms with Crippen LogP contribution < -0.4 is 0 Å². The van der Waals surface area contributed by atoms with Gasteiger partial charge in [-0.25, -0.2) is 4.99 Å². The number of azo groups is 1. The maximum Gasteiger partial charge on any atom is 0.241 e. The Morgan fingerprint density at radius 3 is 2.69 bits per heavy atom. The molecule has 0 aliphatic carbocycles. The highest BCUT2D eigenvalue weighted by Crippen LogP contribution is 2.35. The first kappa shape index (κ1) is 8.44. The van der Waals surface area contributed by atoms with Crippen molar-refractivity contribution in [1.29, 1.82) is 0 Å². The molecule has 0 N–H and O–H groups in total. The summed E-state index contributed by atoms with van der Waals surface area (Å²) in [6, 6.07) is 7.90. The van der Waals surface area contributed by atoms with Crippen LogP contribution in [0.3, 0.4) is 0 Å². The highest BCUT2D eigenvalue weighted by Gasteiger charge is 2.29. The zero-order valence-corrected chi connectivity index (χ0v) is 8.07. The van der Waals surface area contributed by atoms with E-state index in [2.05, 4.69) is 27.8 Å². The normalized spacial score (nSPS) is 25.4. The molecule has 0 fully saturated rings. The Kier molecular flexibility index (Phi) is 1.92. The molecule has 0 aromatic heterocycles. The van der Waals surface area contributed by atoms with Gasteiger partial charge in [-0.15, -0.1) is 22.9 Å². The lowest BCUT2D eigenvalue weighted by atomic mass is 10.1. The number of hydrogen-bond acceptors (Lipinski definition) is 4. The molecule has 1 atom stereocenters. The van der Waals surface area contributed by atoms with Crippen molar-refractivity contribution in [3.05, 3.63) is 35.4 Å². The molecule has 2 rings (SSSR count). The van der Waals surface area contributed by atoms with Crippen LogP contribution in [0.4, 0.5) is 0 Å².